The minimum atomic E-state index is -0.987. The Morgan fingerprint density at radius 3 is 1.37 bits per heavy atom. The van der Waals surface area contributed by atoms with E-state index >= 15 is 0 Å². The van der Waals surface area contributed by atoms with Gasteiger partial charge >= 0.3 is 11.9 Å². The fourth-order valence-corrected chi connectivity index (χ4v) is 5.42. The second-order valence-corrected chi connectivity index (χ2v) is 12.5. The van der Waals surface area contributed by atoms with Gasteiger partial charge in [0.25, 0.3) is 0 Å². The topological polar surface area (TPSA) is 116 Å². The van der Waals surface area contributed by atoms with Crippen molar-refractivity contribution in [3.8, 4) is 0 Å². The van der Waals surface area contributed by atoms with Gasteiger partial charge in [0, 0.05) is 44.2 Å². The first-order valence-electron chi connectivity index (χ1n) is 18.4. The normalized spacial score (nSPS) is 11.2. The number of nitrogens with one attached hydrogen (secondary N) is 2. The van der Waals surface area contributed by atoms with Gasteiger partial charge in [-0.25, -0.2) is 0 Å². The van der Waals surface area contributed by atoms with Crippen LogP contribution < -0.4 is 10.6 Å². The van der Waals surface area contributed by atoms with Crippen molar-refractivity contribution in [1.82, 2.24) is 10.6 Å². The average Bonchev–Trinajstić information content (AvgIpc) is 3.03. The molecule has 8 heteroatoms. The smallest absolute Gasteiger partial charge is 0.325 e. The van der Waals surface area contributed by atoms with Crippen molar-refractivity contribution in [2.24, 2.45) is 0 Å². The van der Waals surface area contributed by atoms with E-state index < -0.39 is 18.0 Å². The first-order valence-corrected chi connectivity index (χ1v) is 18.4. The van der Waals surface area contributed by atoms with E-state index in [0.717, 1.165) is 31.4 Å². The molecule has 0 heterocycles. The summed E-state index contributed by atoms with van der Waals surface area (Å²) < 4.78 is 0. The molecule has 0 aliphatic carbocycles. The molecule has 0 bridgehead atoms. The Kier molecular flexibility index (Phi) is 37.5. The van der Waals surface area contributed by atoms with Gasteiger partial charge < -0.3 is 20.8 Å². The molecule has 0 saturated heterocycles. The first kappa shape index (κ1) is 47.0. The third-order valence-electron chi connectivity index (χ3n) is 8.20. The van der Waals surface area contributed by atoms with Crippen LogP contribution >= 0.6 is 0 Å². The molecule has 262 valence electrons. The molecule has 0 aromatic heterocycles. The molecule has 46 heavy (non-hydrogen) atoms. The van der Waals surface area contributed by atoms with E-state index in [0.29, 0.717) is 6.42 Å². The number of hydrogen-bond donors (Lipinski definition) is 4. The summed E-state index contributed by atoms with van der Waals surface area (Å²) in [5.41, 5.74) is 0.826. The number of hydrogen-bond acceptors (Lipinski definition) is 4. The number of rotatable bonds is 30. The molecule has 1 rings (SSSR count). The maximum atomic E-state index is 11.4. The Bertz CT molecular complexity index is 825. The Hall–Kier alpha value is -1.15. The molecular formula is C38H68CaN2O5. The molecule has 0 aliphatic heterocycles. The number of carboxylic acid groups (broad SMARTS) is 2. The SMILES string of the molecule is CCCCCCCCCCCCCCCC(=O)NCC(=O)O.CCCCCCCCCCCCNC(C(=O)O)c1ccccc1.[Ca]. The van der Waals surface area contributed by atoms with Crippen molar-refractivity contribution < 1.29 is 24.6 Å². The van der Waals surface area contributed by atoms with Gasteiger partial charge in [0.15, 0.2) is 0 Å². The minimum Gasteiger partial charge on any atom is -0.480 e. The van der Waals surface area contributed by atoms with Crippen LogP contribution in [0.1, 0.15) is 180 Å². The molecule has 1 amide bonds. The van der Waals surface area contributed by atoms with Gasteiger partial charge in [-0.2, -0.15) is 0 Å². The monoisotopic (exact) mass is 672 g/mol. The van der Waals surface area contributed by atoms with Crippen LogP contribution in [0, 0.1) is 0 Å². The van der Waals surface area contributed by atoms with E-state index in [2.05, 4.69) is 24.5 Å². The van der Waals surface area contributed by atoms with E-state index in [1.165, 1.54) is 128 Å². The van der Waals surface area contributed by atoms with Gasteiger partial charge in [-0.3, -0.25) is 14.4 Å². The number of carboxylic acids is 2. The quantitative estimate of drug-likeness (QED) is 0.0478. The average molecular weight is 673 g/mol. The molecule has 1 atom stereocenters. The number of amides is 1. The van der Waals surface area contributed by atoms with E-state index in [1.807, 2.05) is 30.3 Å². The third-order valence-corrected chi connectivity index (χ3v) is 8.20. The maximum absolute atomic E-state index is 11.4. The number of aliphatic carboxylic acids is 2. The van der Waals surface area contributed by atoms with Crippen LogP contribution in [0.3, 0.4) is 0 Å². The second kappa shape index (κ2) is 36.7. The number of benzene rings is 1. The zero-order valence-corrected chi connectivity index (χ0v) is 31.9. The van der Waals surface area contributed by atoms with Crippen molar-refractivity contribution in [1.29, 1.82) is 0 Å². The molecule has 1 aromatic carbocycles. The van der Waals surface area contributed by atoms with Crippen LogP contribution in [-0.4, -0.2) is 78.9 Å². The van der Waals surface area contributed by atoms with Gasteiger partial charge in [-0.05, 0) is 24.9 Å². The Morgan fingerprint density at radius 2 is 0.978 bits per heavy atom. The zero-order chi connectivity index (χ0) is 33.2. The summed E-state index contributed by atoms with van der Waals surface area (Å²) in [5, 5.41) is 23.3. The van der Waals surface area contributed by atoms with Crippen molar-refractivity contribution in [3.05, 3.63) is 35.9 Å². The number of carbonyl (C=O) groups is 3. The van der Waals surface area contributed by atoms with E-state index in [-0.39, 0.29) is 50.2 Å². The number of unbranched alkanes of at least 4 members (excludes halogenated alkanes) is 21. The van der Waals surface area contributed by atoms with Gasteiger partial charge in [0.2, 0.25) is 5.91 Å². The summed E-state index contributed by atoms with van der Waals surface area (Å²) in [7, 11) is 0. The summed E-state index contributed by atoms with van der Waals surface area (Å²) >= 11 is 0. The Labute approximate surface area is 311 Å². The molecule has 7 nitrogen and oxygen atoms in total. The summed E-state index contributed by atoms with van der Waals surface area (Å²) in [6.07, 6.45) is 30.1. The number of carbonyl (C=O) groups excluding carboxylic acids is 1. The fraction of sp³-hybridized carbons (Fsp3) is 0.763. The summed E-state index contributed by atoms with van der Waals surface area (Å²) in [6, 6.07) is 8.81. The van der Waals surface area contributed by atoms with Crippen LogP contribution in [-0.2, 0) is 14.4 Å². The molecule has 0 saturated carbocycles. The standard InChI is InChI=1S/C20H33NO2.C18H35NO3.Ca/c1-2-3-4-5-6-7-8-9-10-14-17-21-19(20(22)23)18-15-12-11-13-16-18;1-2-3-4-5-6-7-8-9-10-11-12-13-14-15-17(20)19-16-18(21)22;/h11-13,15-16,19,21H,2-10,14,17H2,1H3,(H,22,23);2-16H2,1H3,(H,19,20)(H,21,22);. The summed E-state index contributed by atoms with van der Waals surface area (Å²) in [4.78, 5) is 32.9. The largest absolute Gasteiger partial charge is 0.480 e. The summed E-state index contributed by atoms with van der Waals surface area (Å²) in [6.45, 7) is 5.00. The predicted octanol–water partition coefficient (Wildman–Crippen LogP) is 9.61. The van der Waals surface area contributed by atoms with Crippen LogP contribution in [0.2, 0.25) is 0 Å². The Balaban J connectivity index is 0. The van der Waals surface area contributed by atoms with Crippen molar-refractivity contribution in [3.63, 3.8) is 0 Å². The molecule has 0 aliphatic rings. The molecule has 1 aromatic rings. The van der Waals surface area contributed by atoms with Crippen LogP contribution in [0.5, 0.6) is 0 Å². The van der Waals surface area contributed by atoms with Crippen molar-refractivity contribution in [2.75, 3.05) is 13.1 Å². The molecule has 4 N–H and O–H groups in total. The molecule has 0 fully saturated rings. The van der Waals surface area contributed by atoms with E-state index in [1.54, 1.807) is 0 Å². The van der Waals surface area contributed by atoms with Crippen LogP contribution in [0.25, 0.3) is 0 Å². The molecular weight excluding hydrogens is 605 g/mol. The van der Waals surface area contributed by atoms with Crippen LogP contribution in [0.4, 0.5) is 0 Å². The second-order valence-electron chi connectivity index (χ2n) is 12.5. The van der Waals surface area contributed by atoms with E-state index in [9.17, 15) is 19.5 Å². The summed E-state index contributed by atoms with van der Waals surface area (Å²) in [5.74, 6) is -1.94. The maximum Gasteiger partial charge on any atom is 0.325 e. The molecule has 1 unspecified atom stereocenters. The van der Waals surface area contributed by atoms with E-state index in [4.69, 9.17) is 5.11 Å². The minimum absolute atomic E-state index is 0. The predicted molar refractivity (Wildman–Crippen MR) is 193 cm³/mol. The molecule has 2 radical (unpaired) electrons. The van der Waals surface area contributed by atoms with Gasteiger partial charge in [0.05, 0.1) is 0 Å². The van der Waals surface area contributed by atoms with Crippen LogP contribution in [0.15, 0.2) is 30.3 Å². The molecule has 0 spiro atoms. The Morgan fingerprint density at radius 1 is 0.587 bits per heavy atom. The first-order chi connectivity index (χ1) is 21.9. The van der Waals surface area contributed by atoms with Gasteiger partial charge in [0.1, 0.15) is 12.6 Å². The van der Waals surface area contributed by atoms with Crippen molar-refractivity contribution in [2.45, 2.75) is 174 Å². The third kappa shape index (κ3) is 32.8. The van der Waals surface area contributed by atoms with Crippen molar-refractivity contribution >= 4 is 55.6 Å². The van der Waals surface area contributed by atoms with Gasteiger partial charge in [-0.15, -0.1) is 0 Å². The zero-order valence-electron chi connectivity index (χ0n) is 29.7. The van der Waals surface area contributed by atoms with Gasteiger partial charge in [-0.1, -0.05) is 179 Å². The fourth-order valence-electron chi connectivity index (χ4n) is 5.42.